The van der Waals surface area contributed by atoms with Crippen molar-refractivity contribution in [3.8, 4) is 0 Å². The maximum Gasteiger partial charge on any atom is 0.119 e. The first-order chi connectivity index (χ1) is 9.46. The van der Waals surface area contributed by atoms with Crippen molar-refractivity contribution in [3.05, 3.63) is 47.4 Å². The third kappa shape index (κ3) is 4.47. The van der Waals surface area contributed by atoms with E-state index in [1.807, 2.05) is 12.1 Å². The molecule has 3 nitrogen and oxygen atoms in total. The molecule has 0 radical (unpaired) electrons. The number of aromatic nitrogens is 2. The summed E-state index contributed by atoms with van der Waals surface area (Å²) in [5, 5.41) is 5.07. The molecule has 0 atom stereocenters. The lowest BCUT2D eigenvalue weighted by Gasteiger charge is -2.21. The highest BCUT2D eigenvalue weighted by atomic mass is 35.5. The highest BCUT2D eigenvalue weighted by molar-refractivity contribution is 7.99. The average Bonchev–Trinajstić information content (AvgIpc) is 2.40. The Morgan fingerprint density at radius 1 is 1.25 bits per heavy atom. The summed E-state index contributed by atoms with van der Waals surface area (Å²) in [7, 11) is 0. The van der Waals surface area contributed by atoms with E-state index in [4.69, 9.17) is 11.6 Å². The van der Waals surface area contributed by atoms with Crippen LogP contribution in [0.5, 0.6) is 0 Å². The SMILES string of the molecule is CC(C)(C)NCc1cccc(Cl)c1Sc1cnccn1. The van der Waals surface area contributed by atoms with E-state index in [2.05, 4.69) is 42.1 Å². The van der Waals surface area contributed by atoms with Crippen LogP contribution in [0.3, 0.4) is 0 Å². The van der Waals surface area contributed by atoms with Gasteiger partial charge in [-0.15, -0.1) is 0 Å². The van der Waals surface area contributed by atoms with E-state index in [1.165, 1.54) is 5.56 Å². The van der Waals surface area contributed by atoms with Gasteiger partial charge in [0.1, 0.15) is 5.03 Å². The minimum absolute atomic E-state index is 0.0663. The number of halogens is 1. The normalized spacial score (nSPS) is 11.6. The summed E-state index contributed by atoms with van der Waals surface area (Å²) >= 11 is 7.88. The van der Waals surface area contributed by atoms with Crippen molar-refractivity contribution in [1.82, 2.24) is 15.3 Å². The Labute approximate surface area is 129 Å². The molecule has 0 fully saturated rings. The Bertz CT molecular complexity index is 567. The summed E-state index contributed by atoms with van der Waals surface area (Å²) in [6, 6.07) is 5.97. The van der Waals surface area contributed by atoms with Gasteiger partial charge < -0.3 is 5.32 Å². The monoisotopic (exact) mass is 307 g/mol. The molecule has 0 aliphatic rings. The fourth-order valence-corrected chi connectivity index (χ4v) is 2.79. The molecule has 2 rings (SSSR count). The van der Waals surface area contributed by atoms with Gasteiger partial charge in [-0.25, -0.2) is 4.98 Å². The first kappa shape index (κ1) is 15.3. The summed E-state index contributed by atoms with van der Waals surface area (Å²) in [6.45, 7) is 7.21. The van der Waals surface area contributed by atoms with Crippen LogP contribution in [0.15, 0.2) is 46.7 Å². The second-order valence-corrected chi connectivity index (χ2v) is 6.92. The second-order valence-electron chi connectivity index (χ2n) is 5.48. The van der Waals surface area contributed by atoms with Crippen LogP contribution in [0.4, 0.5) is 0 Å². The maximum absolute atomic E-state index is 6.33. The number of benzene rings is 1. The van der Waals surface area contributed by atoms with Gasteiger partial charge in [-0.1, -0.05) is 35.5 Å². The van der Waals surface area contributed by atoms with Gasteiger partial charge in [0.25, 0.3) is 0 Å². The molecule has 0 bridgehead atoms. The van der Waals surface area contributed by atoms with Gasteiger partial charge in [-0.2, -0.15) is 0 Å². The number of nitrogens with one attached hydrogen (secondary N) is 1. The lowest BCUT2D eigenvalue weighted by molar-refractivity contribution is 0.422. The number of nitrogens with zero attached hydrogens (tertiary/aromatic N) is 2. The van der Waals surface area contributed by atoms with Crippen molar-refractivity contribution in [3.63, 3.8) is 0 Å². The van der Waals surface area contributed by atoms with Gasteiger partial charge in [-0.3, -0.25) is 4.98 Å². The Kier molecular flexibility index (Phi) is 5.02. The predicted octanol–water partition coefficient (Wildman–Crippen LogP) is 4.17. The molecule has 1 aromatic heterocycles. The molecule has 0 unspecified atom stereocenters. The Morgan fingerprint density at radius 3 is 2.70 bits per heavy atom. The first-order valence-electron chi connectivity index (χ1n) is 6.42. The van der Waals surface area contributed by atoms with Crippen molar-refractivity contribution in [2.24, 2.45) is 0 Å². The molecule has 0 spiro atoms. The number of rotatable bonds is 4. The van der Waals surface area contributed by atoms with Crippen LogP contribution in [0, 0.1) is 0 Å². The fourth-order valence-electron chi connectivity index (χ4n) is 1.61. The second kappa shape index (κ2) is 6.57. The summed E-state index contributed by atoms with van der Waals surface area (Å²) in [6.07, 6.45) is 5.10. The van der Waals surface area contributed by atoms with Gasteiger partial charge in [0.05, 0.1) is 11.2 Å². The zero-order valence-corrected chi connectivity index (χ0v) is 13.4. The molecule has 106 valence electrons. The van der Waals surface area contributed by atoms with Crippen molar-refractivity contribution < 1.29 is 0 Å². The Balaban J connectivity index is 2.22. The lowest BCUT2D eigenvalue weighted by Crippen LogP contribution is -2.35. The van der Waals surface area contributed by atoms with Crippen LogP contribution >= 0.6 is 23.4 Å². The smallest absolute Gasteiger partial charge is 0.119 e. The molecule has 0 saturated carbocycles. The topological polar surface area (TPSA) is 37.8 Å². The van der Waals surface area contributed by atoms with Crippen LogP contribution in [-0.4, -0.2) is 15.5 Å². The van der Waals surface area contributed by atoms with Crippen LogP contribution in [-0.2, 0) is 6.54 Å². The van der Waals surface area contributed by atoms with Crippen LogP contribution in [0.1, 0.15) is 26.3 Å². The standard InChI is InChI=1S/C15H18ClN3S/c1-15(2,3)19-9-11-5-4-6-12(16)14(11)20-13-10-17-7-8-18-13/h4-8,10,19H,9H2,1-3H3. The van der Waals surface area contributed by atoms with Gasteiger partial charge in [-0.05, 0) is 32.4 Å². The predicted molar refractivity (Wildman–Crippen MR) is 84.2 cm³/mol. The average molecular weight is 308 g/mol. The van der Waals surface area contributed by atoms with Crippen molar-refractivity contribution in [2.75, 3.05) is 0 Å². The van der Waals surface area contributed by atoms with Gasteiger partial charge in [0, 0.05) is 29.4 Å². The lowest BCUT2D eigenvalue weighted by atomic mass is 10.1. The van der Waals surface area contributed by atoms with Gasteiger partial charge >= 0.3 is 0 Å². The molecule has 5 heteroatoms. The van der Waals surface area contributed by atoms with Crippen molar-refractivity contribution in [1.29, 1.82) is 0 Å². The maximum atomic E-state index is 6.33. The van der Waals surface area contributed by atoms with E-state index in [9.17, 15) is 0 Å². The molecule has 1 heterocycles. The summed E-state index contributed by atoms with van der Waals surface area (Å²) in [5.41, 5.74) is 1.24. The molecule has 0 saturated heterocycles. The highest BCUT2D eigenvalue weighted by Crippen LogP contribution is 2.34. The molecule has 1 N–H and O–H groups in total. The van der Waals surface area contributed by atoms with E-state index >= 15 is 0 Å². The summed E-state index contributed by atoms with van der Waals surface area (Å²) < 4.78 is 0. The van der Waals surface area contributed by atoms with Crippen molar-refractivity contribution >= 4 is 23.4 Å². The van der Waals surface area contributed by atoms with Gasteiger partial charge in [0.15, 0.2) is 0 Å². The molecule has 0 aliphatic carbocycles. The Morgan fingerprint density at radius 2 is 2.05 bits per heavy atom. The van der Waals surface area contributed by atoms with Crippen LogP contribution in [0.25, 0.3) is 0 Å². The summed E-state index contributed by atoms with van der Waals surface area (Å²) in [5.74, 6) is 0. The minimum atomic E-state index is 0.0663. The first-order valence-corrected chi connectivity index (χ1v) is 7.61. The molecule has 0 aliphatic heterocycles. The van der Waals surface area contributed by atoms with Gasteiger partial charge in [0.2, 0.25) is 0 Å². The van der Waals surface area contributed by atoms with E-state index in [0.29, 0.717) is 0 Å². The molecule has 0 amide bonds. The third-order valence-corrected chi connectivity index (χ3v) is 4.14. The van der Waals surface area contributed by atoms with Crippen LogP contribution in [0.2, 0.25) is 5.02 Å². The number of hydrogen-bond donors (Lipinski definition) is 1. The van der Waals surface area contributed by atoms with Crippen molar-refractivity contribution in [2.45, 2.75) is 42.8 Å². The summed E-state index contributed by atoms with van der Waals surface area (Å²) in [4.78, 5) is 9.40. The third-order valence-electron chi connectivity index (χ3n) is 2.60. The number of hydrogen-bond acceptors (Lipinski definition) is 4. The molecule has 2 aromatic rings. The largest absolute Gasteiger partial charge is 0.308 e. The Hall–Kier alpha value is -1.10. The molecular weight excluding hydrogens is 290 g/mol. The highest BCUT2D eigenvalue weighted by Gasteiger charge is 2.13. The van der Waals surface area contributed by atoms with Crippen LogP contribution < -0.4 is 5.32 Å². The van der Waals surface area contributed by atoms with E-state index < -0.39 is 0 Å². The fraction of sp³-hybridized carbons (Fsp3) is 0.333. The molecule has 20 heavy (non-hydrogen) atoms. The quantitative estimate of drug-likeness (QED) is 0.920. The molecular formula is C15H18ClN3S. The van der Waals surface area contributed by atoms with E-state index in [0.717, 1.165) is 21.5 Å². The molecule has 1 aromatic carbocycles. The minimum Gasteiger partial charge on any atom is -0.308 e. The van der Waals surface area contributed by atoms with E-state index in [1.54, 1.807) is 30.4 Å². The zero-order chi connectivity index (χ0) is 14.6. The zero-order valence-electron chi connectivity index (χ0n) is 11.9. The van der Waals surface area contributed by atoms with E-state index in [-0.39, 0.29) is 5.54 Å².